The number of rotatable bonds is 3. The Labute approximate surface area is 106 Å². The van der Waals surface area contributed by atoms with Gasteiger partial charge in [0.15, 0.2) is 0 Å². The molecule has 2 rings (SSSR count). The summed E-state index contributed by atoms with van der Waals surface area (Å²) >= 11 is 0. The van der Waals surface area contributed by atoms with Gasteiger partial charge in [-0.3, -0.25) is 10.1 Å². The van der Waals surface area contributed by atoms with Crippen molar-refractivity contribution in [3.8, 4) is 0 Å². The lowest BCUT2D eigenvalue weighted by Crippen LogP contribution is -2.16. The second-order valence-electron chi connectivity index (χ2n) is 4.27. The van der Waals surface area contributed by atoms with Gasteiger partial charge < -0.3 is 0 Å². The zero-order valence-electron chi connectivity index (χ0n) is 10.4. The maximum absolute atomic E-state index is 12.1. The molecule has 0 spiro atoms. The second-order valence-corrected chi connectivity index (χ2v) is 4.27. The summed E-state index contributed by atoms with van der Waals surface area (Å²) in [6, 6.07) is 9.27. The molecule has 1 heterocycles. The standard InChI is InChI=1S/C14H15N3O/c1-10(2)11-6-3-4-7-12(11)13(18)17-14-15-8-5-9-16-14/h3-10H,1-2H3,(H,15,16,17,18). The van der Waals surface area contributed by atoms with Crippen LogP contribution < -0.4 is 5.32 Å². The van der Waals surface area contributed by atoms with Crippen LogP contribution in [0.3, 0.4) is 0 Å². The number of aromatic nitrogens is 2. The number of nitrogens with zero attached hydrogens (tertiary/aromatic N) is 2. The van der Waals surface area contributed by atoms with E-state index in [-0.39, 0.29) is 5.91 Å². The van der Waals surface area contributed by atoms with Crippen LogP contribution in [0.4, 0.5) is 5.95 Å². The molecule has 18 heavy (non-hydrogen) atoms. The van der Waals surface area contributed by atoms with E-state index in [1.54, 1.807) is 18.5 Å². The highest BCUT2D eigenvalue weighted by Crippen LogP contribution is 2.19. The third kappa shape index (κ3) is 2.71. The van der Waals surface area contributed by atoms with Crippen LogP contribution in [-0.4, -0.2) is 15.9 Å². The minimum Gasteiger partial charge on any atom is -0.290 e. The minimum absolute atomic E-state index is 0.175. The molecular weight excluding hydrogens is 226 g/mol. The summed E-state index contributed by atoms with van der Waals surface area (Å²) in [5, 5.41) is 2.69. The predicted molar refractivity (Wildman–Crippen MR) is 70.5 cm³/mol. The van der Waals surface area contributed by atoms with E-state index in [0.717, 1.165) is 5.56 Å². The average molecular weight is 241 g/mol. The fourth-order valence-electron chi connectivity index (χ4n) is 1.74. The average Bonchev–Trinajstić information content (AvgIpc) is 2.40. The number of hydrogen-bond donors (Lipinski definition) is 1. The monoisotopic (exact) mass is 241 g/mol. The van der Waals surface area contributed by atoms with Crippen molar-refractivity contribution in [1.82, 2.24) is 9.97 Å². The molecule has 2 aromatic rings. The molecule has 0 aliphatic heterocycles. The van der Waals surface area contributed by atoms with Crippen LogP contribution >= 0.6 is 0 Å². The van der Waals surface area contributed by atoms with Crippen molar-refractivity contribution in [1.29, 1.82) is 0 Å². The first-order valence-corrected chi connectivity index (χ1v) is 5.86. The number of anilines is 1. The molecule has 0 saturated heterocycles. The molecular formula is C14H15N3O. The molecule has 0 bridgehead atoms. The number of benzene rings is 1. The van der Waals surface area contributed by atoms with Gasteiger partial charge in [-0.15, -0.1) is 0 Å². The van der Waals surface area contributed by atoms with E-state index in [0.29, 0.717) is 17.4 Å². The first-order valence-electron chi connectivity index (χ1n) is 5.86. The molecule has 0 radical (unpaired) electrons. The lowest BCUT2D eigenvalue weighted by Gasteiger charge is -2.11. The molecule has 0 aliphatic carbocycles. The van der Waals surface area contributed by atoms with Crippen LogP contribution in [0.5, 0.6) is 0 Å². The summed E-state index contributed by atoms with van der Waals surface area (Å²) in [7, 11) is 0. The predicted octanol–water partition coefficient (Wildman–Crippen LogP) is 2.85. The summed E-state index contributed by atoms with van der Waals surface area (Å²) in [6.45, 7) is 4.12. The van der Waals surface area contributed by atoms with Crippen LogP contribution in [0.1, 0.15) is 35.7 Å². The largest absolute Gasteiger partial charge is 0.290 e. The normalized spacial score (nSPS) is 10.4. The molecule has 92 valence electrons. The first-order chi connectivity index (χ1) is 8.68. The van der Waals surface area contributed by atoms with E-state index < -0.39 is 0 Å². The van der Waals surface area contributed by atoms with Gasteiger partial charge in [-0.05, 0) is 23.6 Å². The van der Waals surface area contributed by atoms with Crippen molar-refractivity contribution < 1.29 is 4.79 Å². The fourth-order valence-corrected chi connectivity index (χ4v) is 1.74. The van der Waals surface area contributed by atoms with Gasteiger partial charge in [0.05, 0.1) is 0 Å². The van der Waals surface area contributed by atoms with Gasteiger partial charge in [-0.25, -0.2) is 9.97 Å². The number of amides is 1. The number of hydrogen-bond acceptors (Lipinski definition) is 3. The highest BCUT2D eigenvalue weighted by Gasteiger charge is 2.13. The van der Waals surface area contributed by atoms with Gasteiger partial charge in [0, 0.05) is 18.0 Å². The van der Waals surface area contributed by atoms with Crippen molar-refractivity contribution in [2.45, 2.75) is 19.8 Å². The molecule has 4 nitrogen and oxygen atoms in total. The minimum atomic E-state index is -0.175. The third-order valence-corrected chi connectivity index (χ3v) is 2.62. The summed E-state index contributed by atoms with van der Waals surface area (Å²) in [5.74, 6) is 0.440. The van der Waals surface area contributed by atoms with Crippen LogP contribution in [0.25, 0.3) is 0 Å². The zero-order valence-corrected chi connectivity index (χ0v) is 10.4. The Kier molecular flexibility index (Phi) is 3.67. The molecule has 0 aliphatic rings. The van der Waals surface area contributed by atoms with Crippen molar-refractivity contribution in [3.63, 3.8) is 0 Å². The van der Waals surface area contributed by atoms with Crippen molar-refractivity contribution in [2.24, 2.45) is 0 Å². The Hall–Kier alpha value is -2.23. The molecule has 1 N–H and O–H groups in total. The highest BCUT2D eigenvalue weighted by atomic mass is 16.1. The van der Waals surface area contributed by atoms with E-state index in [1.165, 1.54) is 0 Å². The first kappa shape index (κ1) is 12.2. The van der Waals surface area contributed by atoms with Gasteiger partial charge in [0.25, 0.3) is 5.91 Å². The Balaban J connectivity index is 2.24. The Morgan fingerprint density at radius 2 is 1.78 bits per heavy atom. The van der Waals surface area contributed by atoms with Crippen LogP contribution in [-0.2, 0) is 0 Å². The van der Waals surface area contributed by atoms with Gasteiger partial charge in [0.1, 0.15) is 0 Å². The van der Waals surface area contributed by atoms with Crippen molar-refractivity contribution >= 4 is 11.9 Å². The summed E-state index contributed by atoms with van der Waals surface area (Å²) in [5.41, 5.74) is 1.69. The summed E-state index contributed by atoms with van der Waals surface area (Å²) in [6.07, 6.45) is 3.19. The van der Waals surface area contributed by atoms with Gasteiger partial charge in [-0.1, -0.05) is 32.0 Å². The molecule has 1 aromatic carbocycles. The van der Waals surface area contributed by atoms with Crippen molar-refractivity contribution in [2.75, 3.05) is 5.32 Å². The lowest BCUT2D eigenvalue weighted by atomic mass is 9.97. The Bertz CT molecular complexity index is 538. The zero-order chi connectivity index (χ0) is 13.0. The highest BCUT2D eigenvalue weighted by molar-refractivity contribution is 6.04. The van der Waals surface area contributed by atoms with E-state index >= 15 is 0 Å². The third-order valence-electron chi connectivity index (χ3n) is 2.62. The summed E-state index contributed by atoms with van der Waals surface area (Å²) < 4.78 is 0. The van der Waals surface area contributed by atoms with Gasteiger partial charge in [-0.2, -0.15) is 0 Å². The molecule has 1 aromatic heterocycles. The second kappa shape index (κ2) is 5.40. The van der Waals surface area contributed by atoms with Crippen LogP contribution in [0.2, 0.25) is 0 Å². The molecule has 0 saturated carbocycles. The Morgan fingerprint density at radius 1 is 1.11 bits per heavy atom. The fraction of sp³-hybridized carbons (Fsp3) is 0.214. The Morgan fingerprint density at radius 3 is 2.44 bits per heavy atom. The molecule has 0 unspecified atom stereocenters. The smallest absolute Gasteiger partial charge is 0.258 e. The topological polar surface area (TPSA) is 54.9 Å². The van der Waals surface area contributed by atoms with Crippen molar-refractivity contribution in [3.05, 3.63) is 53.9 Å². The molecule has 0 atom stereocenters. The number of nitrogens with one attached hydrogen (secondary N) is 1. The van der Waals surface area contributed by atoms with E-state index in [4.69, 9.17) is 0 Å². The van der Waals surface area contributed by atoms with Crippen LogP contribution in [0, 0.1) is 0 Å². The molecule has 4 heteroatoms. The lowest BCUT2D eigenvalue weighted by molar-refractivity contribution is 0.102. The van der Waals surface area contributed by atoms with Gasteiger partial charge >= 0.3 is 0 Å². The molecule has 0 fully saturated rings. The quantitative estimate of drug-likeness (QED) is 0.899. The maximum Gasteiger partial charge on any atom is 0.258 e. The number of carbonyl (C=O) groups is 1. The van der Waals surface area contributed by atoms with Crippen LogP contribution in [0.15, 0.2) is 42.7 Å². The molecule has 1 amide bonds. The van der Waals surface area contributed by atoms with E-state index in [9.17, 15) is 4.79 Å². The maximum atomic E-state index is 12.1. The van der Waals surface area contributed by atoms with E-state index in [2.05, 4.69) is 29.1 Å². The SMILES string of the molecule is CC(C)c1ccccc1C(=O)Nc1ncccn1. The number of carbonyl (C=O) groups excluding carboxylic acids is 1. The van der Waals surface area contributed by atoms with Gasteiger partial charge in [0.2, 0.25) is 5.95 Å². The summed E-state index contributed by atoms with van der Waals surface area (Å²) in [4.78, 5) is 20.1. The van der Waals surface area contributed by atoms with E-state index in [1.807, 2.05) is 24.3 Å².